The fourth-order valence-electron chi connectivity index (χ4n) is 1.47. The van der Waals surface area contributed by atoms with Gasteiger partial charge in [0.05, 0.1) is 13.0 Å². The summed E-state index contributed by atoms with van der Waals surface area (Å²) in [6, 6.07) is 6.30. The second-order valence-corrected chi connectivity index (χ2v) is 3.86. The number of amides is 1. The molecule has 1 amide bonds. The third-order valence-corrected chi connectivity index (χ3v) is 2.42. The maximum atomic E-state index is 13.3. The van der Waals surface area contributed by atoms with E-state index in [9.17, 15) is 9.18 Å². The van der Waals surface area contributed by atoms with E-state index in [1.807, 2.05) is 0 Å². The molecule has 0 bridgehead atoms. The minimum Gasteiger partial charge on any atom is -0.383 e. The second-order valence-electron chi connectivity index (χ2n) is 3.86. The van der Waals surface area contributed by atoms with Crippen molar-refractivity contribution in [2.75, 3.05) is 33.4 Å². The Balaban J connectivity index is 2.16. The Labute approximate surface area is 107 Å². The molecule has 0 saturated heterocycles. The van der Waals surface area contributed by atoms with Gasteiger partial charge in [0.15, 0.2) is 0 Å². The summed E-state index contributed by atoms with van der Waals surface area (Å²) in [6.07, 6.45) is 0.0742. The van der Waals surface area contributed by atoms with Crippen LogP contribution in [-0.2, 0) is 16.0 Å². The molecule has 0 fully saturated rings. The molecule has 18 heavy (non-hydrogen) atoms. The zero-order valence-corrected chi connectivity index (χ0v) is 10.5. The summed E-state index contributed by atoms with van der Waals surface area (Å²) in [5.74, 6) is -0.514. The Morgan fingerprint density at radius 2 is 2.06 bits per heavy atom. The number of carbonyl (C=O) groups excluding carboxylic acids is 1. The maximum absolute atomic E-state index is 13.3. The highest BCUT2D eigenvalue weighted by molar-refractivity contribution is 5.78. The number of nitrogens with one attached hydrogen (secondary N) is 2. The average Bonchev–Trinajstić information content (AvgIpc) is 2.36. The van der Waals surface area contributed by atoms with Gasteiger partial charge in [0.2, 0.25) is 5.91 Å². The van der Waals surface area contributed by atoms with Crippen molar-refractivity contribution in [2.24, 2.45) is 0 Å². The van der Waals surface area contributed by atoms with E-state index >= 15 is 0 Å². The molecule has 0 aliphatic carbocycles. The van der Waals surface area contributed by atoms with Crippen molar-refractivity contribution < 1.29 is 13.9 Å². The Hall–Kier alpha value is -1.46. The summed E-state index contributed by atoms with van der Waals surface area (Å²) in [6.45, 7) is 2.59. The first kappa shape index (κ1) is 14.6. The predicted molar refractivity (Wildman–Crippen MR) is 67.9 cm³/mol. The first-order chi connectivity index (χ1) is 8.74. The van der Waals surface area contributed by atoms with Crippen LogP contribution in [0.25, 0.3) is 0 Å². The van der Waals surface area contributed by atoms with Crippen LogP contribution in [0.3, 0.4) is 0 Å². The maximum Gasteiger partial charge on any atom is 0.224 e. The highest BCUT2D eigenvalue weighted by Gasteiger charge is 2.06. The van der Waals surface area contributed by atoms with Crippen LogP contribution < -0.4 is 10.6 Å². The Morgan fingerprint density at radius 1 is 1.28 bits per heavy atom. The Morgan fingerprint density at radius 3 is 2.78 bits per heavy atom. The van der Waals surface area contributed by atoms with Crippen LogP contribution in [0.5, 0.6) is 0 Å². The smallest absolute Gasteiger partial charge is 0.224 e. The molecular weight excluding hydrogens is 235 g/mol. The normalized spacial score (nSPS) is 10.3. The lowest BCUT2D eigenvalue weighted by atomic mass is 10.1. The van der Waals surface area contributed by atoms with Gasteiger partial charge in [-0.2, -0.15) is 0 Å². The van der Waals surface area contributed by atoms with Crippen molar-refractivity contribution in [3.8, 4) is 0 Å². The number of ether oxygens (including phenoxy) is 1. The summed E-state index contributed by atoms with van der Waals surface area (Å²) in [5.41, 5.74) is 0.419. The van der Waals surface area contributed by atoms with Crippen molar-refractivity contribution in [1.82, 2.24) is 10.6 Å². The molecule has 0 radical (unpaired) electrons. The van der Waals surface area contributed by atoms with E-state index in [1.54, 1.807) is 25.3 Å². The highest BCUT2D eigenvalue weighted by Crippen LogP contribution is 2.06. The third-order valence-electron chi connectivity index (χ3n) is 2.42. The molecule has 2 N–H and O–H groups in total. The molecule has 100 valence electrons. The monoisotopic (exact) mass is 254 g/mol. The Bertz CT molecular complexity index is 372. The van der Waals surface area contributed by atoms with Gasteiger partial charge in [0.1, 0.15) is 5.82 Å². The van der Waals surface area contributed by atoms with E-state index in [1.165, 1.54) is 6.07 Å². The largest absolute Gasteiger partial charge is 0.383 e. The summed E-state index contributed by atoms with van der Waals surface area (Å²) < 4.78 is 18.1. The van der Waals surface area contributed by atoms with Gasteiger partial charge >= 0.3 is 0 Å². The molecule has 0 unspecified atom stereocenters. The van der Waals surface area contributed by atoms with Crippen molar-refractivity contribution in [1.29, 1.82) is 0 Å². The minimum atomic E-state index is -0.342. The fourth-order valence-corrected chi connectivity index (χ4v) is 1.47. The minimum absolute atomic E-state index is 0.0742. The van der Waals surface area contributed by atoms with Gasteiger partial charge in [0.25, 0.3) is 0 Å². The molecule has 0 aliphatic heterocycles. The summed E-state index contributed by atoms with van der Waals surface area (Å²) in [4.78, 5) is 11.5. The number of benzene rings is 1. The molecular formula is C13H19FN2O2. The van der Waals surface area contributed by atoms with Crippen LogP contribution >= 0.6 is 0 Å². The van der Waals surface area contributed by atoms with E-state index in [0.717, 1.165) is 6.54 Å². The number of carbonyl (C=O) groups is 1. The van der Waals surface area contributed by atoms with E-state index < -0.39 is 0 Å². The number of halogens is 1. The van der Waals surface area contributed by atoms with Crippen molar-refractivity contribution in [3.63, 3.8) is 0 Å². The molecule has 4 nitrogen and oxygen atoms in total. The lowest BCUT2D eigenvalue weighted by molar-refractivity contribution is -0.120. The van der Waals surface area contributed by atoms with E-state index in [2.05, 4.69) is 10.6 Å². The highest BCUT2D eigenvalue weighted by atomic mass is 19.1. The number of hydrogen-bond donors (Lipinski definition) is 2. The molecule has 0 heterocycles. The van der Waals surface area contributed by atoms with Crippen LogP contribution in [0, 0.1) is 5.82 Å². The molecule has 1 rings (SSSR count). The van der Waals surface area contributed by atoms with E-state index in [-0.39, 0.29) is 18.1 Å². The quantitative estimate of drug-likeness (QED) is 0.672. The van der Waals surface area contributed by atoms with Crippen LogP contribution in [-0.4, -0.2) is 39.3 Å². The van der Waals surface area contributed by atoms with Crippen LogP contribution in [0.15, 0.2) is 24.3 Å². The van der Waals surface area contributed by atoms with E-state index in [4.69, 9.17) is 4.74 Å². The van der Waals surface area contributed by atoms with E-state index in [0.29, 0.717) is 25.3 Å². The van der Waals surface area contributed by atoms with Crippen molar-refractivity contribution in [2.45, 2.75) is 6.42 Å². The van der Waals surface area contributed by atoms with Crippen molar-refractivity contribution in [3.05, 3.63) is 35.6 Å². The topological polar surface area (TPSA) is 50.4 Å². The summed E-state index contributed by atoms with van der Waals surface area (Å²) >= 11 is 0. The third kappa shape index (κ3) is 5.75. The first-order valence-electron chi connectivity index (χ1n) is 5.94. The molecule has 0 saturated carbocycles. The number of methoxy groups -OCH3 is 1. The van der Waals surface area contributed by atoms with Crippen molar-refractivity contribution >= 4 is 5.91 Å². The first-order valence-corrected chi connectivity index (χ1v) is 5.94. The SMILES string of the molecule is COCCNCCNC(=O)Cc1ccccc1F. The molecule has 1 aromatic rings. The van der Waals surface area contributed by atoms with Gasteiger partial charge in [-0.3, -0.25) is 4.79 Å². The summed E-state index contributed by atoms with van der Waals surface area (Å²) in [7, 11) is 1.64. The van der Waals surface area contributed by atoms with Crippen LogP contribution in [0.1, 0.15) is 5.56 Å². The standard InChI is InChI=1S/C13H19FN2O2/c1-18-9-8-15-6-7-16-13(17)10-11-4-2-3-5-12(11)14/h2-5,15H,6-10H2,1H3,(H,16,17). The van der Waals surface area contributed by atoms with Gasteiger partial charge in [-0.05, 0) is 11.6 Å². The average molecular weight is 254 g/mol. The zero-order valence-electron chi connectivity index (χ0n) is 10.5. The van der Waals surface area contributed by atoms with Gasteiger partial charge in [-0.15, -0.1) is 0 Å². The lowest BCUT2D eigenvalue weighted by Crippen LogP contribution is -2.33. The molecule has 0 spiro atoms. The molecule has 0 atom stereocenters. The van der Waals surface area contributed by atoms with Crippen LogP contribution in [0.2, 0.25) is 0 Å². The molecule has 1 aromatic carbocycles. The van der Waals surface area contributed by atoms with Gasteiger partial charge < -0.3 is 15.4 Å². The number of rotatable bonds is 8. The second kappa shape index (κ2) is 8.60. The van der Waals surface area contributed by atoms with Gasteiger partial charge in [-0.1, -0.05) is 18.2 Å². The Kier molecular flexibility index (Phi) is 6.98. The zero-order chi connectivity index (χ0) is 13.2. The fraction of sp³-hybridized carbons (Fsp3) is 0.462. The predicted octanol–water partition coefficient (Wildman–Crippen LogP) is 0.720. The van der Waals surface area contributed by atoms with Gasteiger partial charge in [-0.25, -0.2) is 4.39 Å². The van der Waals surface area contributed by atoms with Crippen LogP contribution in [0.4, 0.5) is 4.39 Å². The molecule has 0 aromatic heterocycles. The van der Waals surface area contributed by atoms with Gasteiger partial charge in [0, 0.05) is 26.7 Å². The lowest BCUT2D eigenvalue weighted by Gasteiger charge is -2.07. The summed E-state index contributed by atoms with van der Waals surface area (Å²) in [5, 5.41) is 5.83. The molecule has 5 heteroatoms. The molecule has 0 aliphatic rings. The number of hydrogen-bond acceptors (Lipinski definition) is 3.